The summed E-state index contributed by atoms with van der Waals surface area (Å²) in [5, 5.41) is 2.69. The highest BCUT2D eigenvalue weighted by Gasteiger charge is 2.30. The zero-order valence-corrected chi connectivity index (χ0v) is 21.8. The van der Waals surface area contributed by atoms with Gasteiger partial charge in [-0.1, -0.05) is 18.0 Å². The highest BCUT2D eigenvalue weighted by atomic mass is 35.5. The van der Waals surface area contributed by atoms with E-state index in [0.717, 1.165) is 32.1 Å². The van der Waals surface area contributed by atoms with Gasteiger partial charge in [0, 0.05) is 31.7 Å². The summed E-state index contributed by atoms with van der Waals surface area (Å²) in [7, 11) is -6.16. The van der Waals surface area contributed by atoms with Crippen molar-refractivity contribution in [1.29, 1.82) is 0 Å². The number of rotatable bonds is 7. The fraction of sp³-hybridized carbons (Fsp3) is 0.435. The van der Waals surface area contributed by atoms with Crippen molar-refractivity contribution in [1.82, 2.24) is 8.61 Å². The third kappa shape index (κ3) is 5.34. The Kier molecular flexibility index (Phi) is 7.72. The van der Waals surface area contributed by atoms with Crippen LogP contribution in [0, 0.1) is 0 Å². The lowest BCUT2D eigenvalue weighted by molar-refractivity contribution is 0.102. The number of carbonyl (C=O) groups excluding carboxylic acids is 1. The van der Waals surface area contributed by atoms with E-state index in [9.17, 15) is 21.6 Å². The molecule has 0 spiro atoms. The van der Waals surface area contributed by atoms with E-state index in [1.165, 1.54) is 52.1 Å². The van der Waals surface area contributed by atoms with E-state index in [1.54, 1.807) is 0 Å². The van der Waals surface area contributed by atoms with Gasteiger partial charge in [0.15, 0.2) is 0 Å². The minimum absolute atomic E-state index is 0.0284. The SMILES string of the molecule is COc1ccc(S(=O)(=O)N2CCCCC2)cc1NC(=O)c1ccc(Cl)c(S(=O)(=O)N2CCCC2)c1. The van der Waals surface area contributed by atoms with E-state index in [0.29, 0.717) is 26.2 Å². The van der Waals surface area contributed by atoms with Crippen LogP contribution in [-0.4, -0.2) is 64.6 Å². The quantitative estimate of drug-likeness (QED) is 0.573. The van der Waals surface area contributed by atoms with Gasteiger partial charge in [0.25, 0.3) is 5.91 Å². The van der Waals surface area contributed by atoms with E-state index in [-0.39, 0.29) is 31.8 Å². The second-order valence-corrected chi connectivity index (χ2v) is 12.8. The number of methoxy groups -OCH3 is 1. The molecule has 1 N–H and O–H groups in total. The summed E-state index contributed by atoms with van der Waals surface area (Å²) in [5.41, 5.74) is 0.230. The molecule has 0 radical (unpaired) electrons. The van der Waals surface area contributed by atoms with Gasteiger partial charge in [-0.05, 0) is 62.1 Å². The number of sulfonamides is 2. The molecule has 0 bridgehead atoms. The van der Waals surface area contributed by atoms with Crippen LogP contribution in [0.5, 0.6) is 5.75 Å². The number of halogens is 1. The van der Waals surface area contributed by atoms with Crippen LogP contribution >= 0.6 is 11.6 Å². The molecule has 2 fully saturated rings. The van der Waals surface area contributed by atoms with E-state index in [2.05, 4.69) is 5.32 Å². The predicted octanol–water partition coefficient (Wildman–Crippen LogP) is 3.56. The number of anilines is 1. The molecule has 2 aromatic carbocycles. The lowest BCUT2D eigenvalue weighted by Gasteiger charge is -2.26. The second-order valence-electron chi connectivity index (χ2n) is 8.54. The van der Waals surface area contributed by atoms with E-state index in [1.807, 2.05) is 0 Å². The minimum atomic E-state index is -3.84. The fourth-order valence-electron chi connectivity index (χ4n) is 4.30. The Hall–Kier alpha value is -2.18. The zero-order valence-electron chi connectivity index (χ0n) is 19.4. The summed E-state index contributed by atoms with van der Waals surface area (Å²) in [4.78, 5) is 13.0. The molecule has 0 aromatic heterocycles. The monoisotopic (exact) mass is 541 g/mol. The van der Waals surface area contributed by atoms with E-state index >= 15 is 0 Å². The number of hydrogen-bond acceptors (Lipinski definition) is 6. The summed E-state index contributed by atoms with van der Waals surface area (Å²) >= 11 is 6.19. The van der Waals surface area contributed by atoms with E-state index in [4.69, 9.17) is 16.3 Å². The number of piperidine rings is 1. The Morgan fingerprint density at radius 3 is 2.09 bits per heavy atom. The van der Waals surface area contributed by atoms with Crippen molar-refractivity contribution < 1.29 is 26.4 Å². The lowest BCUT2D eigenvalue weighted by atomic mass is 10.2. The topological polar surface area (TPSA) is 113 Å². The smallest absolute Gasteiger partial charge is 0.255 e. The number of ether oxygens (including phenoxy) is 1. The first-order chi connectivity index (χ1) is 16.6. The van der Waals surface area contributed by atoms with Gasteiger partial charge < -0.3 is 10.1 Å². The van der Waals surface area contributed by atoms with Crippen molar-refractivity contribution in [3.05, 3.63) is 47.0 Å². The summed E-state index contributed by atoms with van der Waals surface area (Å²) in [6.45, 7) is 1.72. The molecular weight excluding hydrogens is 514 g/mol. The van der Waals surface area contributed by atoms with Gasteiger partial charge in [0.1, 0.15) is 10.6 Å². The van der Waals surface area contributed by atoms with Gasteiger partial charge in [-0.2, -0.15) is 8.61 Å². The molecule has 35 heavy (non-hydrogen) atoms. The molecule has 9 nitrogen and oxygen atoms in total. The Labute approximate surface area is 211 Å². The van der Waals surface area contributed by atoms with Crippen molar-refractivity contribution >= 4 is 43.2 Å². The molecule has 0 unspecified atom stereocenters. The molecular formula is C23H28ClN3O6S2. The molecule has 0 saturated carbocycles. The molecule has 0 atom stereocenters. The highest BCUT2D eigenvalue weighted by Crippen LogP contribution is 2.32. The van der Waals surface area contributed by atoms with Crippen LogP contribution in [0.3, 0.4) is 0 Å². The van der Waals surface area contributed by atoms with Gasteiger partial charge in [-0.3, -0.25) is 4.79 Å². The summed E-state index contributed by atoms with van der Waals surface area (Å²) in [6, 6.07) is 8.32. The van der Waals surface area contributed by atoms with E-state index < -0.39 is 26.0 Å². The third-order valence-corrected chi connectivity index (χ3v) is 10.5. The van der Waals surface area contributed by atoms with Crippen molar-refractivity contribution in [2.75, 3.05) is 38.6 Å². The Morgan fingerprint density at radius 2 is 1.46 bits per heavy atom. The predicted molar refractivity (Wildman–Crippen MR) is 133 cm³/mol. The van der Waals surface area contributed by atoms with Crippen LogP contribution in [0.25, 0.3) is 0 Å². The van der Waals surface area contributed by atoms with Crippen LogP contribution in [0.2, 0.25) is 5.02 Å². The standard InChI is InChI=1S/C23H28ClN3O6S2/c1-33-21-10-8-18(34(29,30)26-11-3-2-4-12-26)16-20(21)25-23(28)17-7-9-19(24)22(15-17)35(31,32)27-13-5-6-14-27/h7-10,15-16H,2-6,11-14H2,1H3,(H,25,28). The largest absolute Gasteiger partial charge is 0.495 e. The molecule has 2 aromatic rings. The van der Waals surface area contributed by atoms with Crippen LogP contribution in [0.1, 0.15) is 42.5 Å². The van der Waals surface area contributed by atoms with Crippen molar-refractivity contribution in [3.8, 4) is 5.75 Å². The summed E-state index contributed by atoms with van der Waals surface area (Å²) < 4.78 is 60.3. The van der Waals surface area contributed by atoms with Gasteiger partial charge >= 0.3 is 0 Å². The number of nitrogens with zero attached hydrogens (tertiary/aromatic N) is 2. The molecule has 2 aliphatic rings. The number of amides is 1. The van der Waals surface area contributed by atoms with Gasteiger partial charge in [-0.15, -0.1) is 0 Å². The molecule has 4 rings (SSSR count). The van der Waals surface area contributed by atoms with Crippen LogP contribution in [0.15, 0.2) is 46.2 Å². The molecule has 190 valence electrons. The summed E-state index contributed by atoms with van der Waals surface area (Å²) in [5.74, 6) is -0.347. The second kappa shape index (κ2) is 10.4. The maximum absolute atomic E-state index is 13.1. The fourth-order valence-corrected chi connectivity index (χ4v) is 7.87. The zero-order chi connectivity index (χ0) is 25.2. The molecule has 2 heterocycles. The maximum atomic E-state index is 13.1. The number of benzene rings is 2. The van der Waals surface area contributed by atoms with Crippen LogP contribution < -0.4 is 10.1 Å². The highest BCUT2D eigenvalue weighted by molar-refractivity contribution is 7.89. The molecule has 2 saturated heterocycles. The molecule has 2 aliphatic heterocycles. The van der Waals surface area contributed by atoms with Crippen molar-refractivity contribution in [2.45, 2.75) is 41.9 Å². The number of nitrogens with one attached hydrogen (secondary N) is 1. The summed E-state index contributed by atoms with van der Waals surface area (Å²) in [6.07, 6.45) is 4.14. The number of carbonyl (C=O) groups is 1. The van der Waals surface area contributed by atoms with Gasteiger partial charge in [-0.25, -0.2) is 16.8 Å². The third-order valence-electron chi connectivity index (χ3n) is 6.25. The Bertz CT molecular complexity index is 1320. The minimum Gasteiger partial charge on any atom is -0.495 e. The lowest BCUT2D eigenvalue weighted by Crippen LogP contribution is -2.35. The first-order valence-electron chi connectivity index (χ1n) is 11.4. The normalized spacial score (nSPS) is 17.9. The number of hydrogen-bond donors (Lipinski definition) is 1. The average molecular weight is 542 g/mol. The van der Waals surface area contributed by atoms with Crippen LogP contribution in [-0.2, 0) is 20.0 Å². The van der Waals surface area contributed by atoms with Gasteiger partial charge in [0.2, 0.25) is 20.0 Å². The Morgan fingerprint density at radius 1 is 0.857 bits per heavy atom. The molecule has 1 amide bonds. The molecule has 0 aliphatic carbocycles. The van der Waals surface area contributed by atoms with Crippen molar-refractivity contribution in [3.63, 3.8) is 0 Å². The maximum Gasteiger partial charge on any atom is 0.255 e. The first-order valence-corrected chi connectivity index (χ1v) is 14.7. The Balaban J connectivity index is 1.63. The van der Waals surface area contributed by atoms with Crippen molar-refractivity contribution in [2.24, 2.45) is 0 Å². The average Bonchev–Trinajstić information content (AvgIpc) is 3.41. The van der Waals surface area contributed by atoms with Crippen LogP contribution in [0.4, 0.5) is 5.69 Å². The first kappa shape index (κ1) is 25.9. The van der Waals surface area contributed by atoms with Gasteiger partial charge in [0.05, 0.1) is 22.7 Å². The molecule has 12 heteroatoms.